The van der Waals surface area contributed by atoms with Gasteiger partial charge in [-0.05, 0) is 24.8 Å². The molecular formula is C15H20N6O. The fourth-order valence-electron chi connectivity index (χ4n) is 2.75. The number of hydrogen-bond acceptors (Lipinski definition) is 5. The molecule has 0 spiro atoms. The molecule has 1 aliphatic heterocycles. The van der Waals surface area contributed by atoms with Crippen molar-refractivity contribution in [2.24, 2.45) is 5.92 Å². The van der Waals surface area contributed by atoms with Crippen molar-refractivity contribution in [3.63, 3.8) is 0 Å². The molecule has 1 saturated heterocycles. The largest absolute Gasteiger partial charge is 0.355 e. The Balaban J connectivity index is 1.47. The predicted molar refractivity (Wildman–Crippen MR) is 82.2 cm³/mol. The van der Waals surface area contributed by atoms with Crippen molar-refractivity contribution < 1.29 is 4.79 Å². The van der Waals surface area contributed by atoms with Crippen molar-refractivity contribution in [1.29, 1.82) is 0 Å². The van der Waals surface area contributed by atoms with E-state index in [1.54, 1.807) is 35.7 Å². The van der Waals surface area contributed by atoms with Crippen LogP contribution in [0, 0.1) is 5.92 Å². The first-order valence-electron chi connectivity index (χ1n) is 7.56. The maximum atomic E-state index is 11.9. The summed E-state index contributed by atoms with van der Waals surface area (Å²) < 4.78 is 1.63. The Morgan fingerprint density at radius 1 is 1.36 bits per heavy atom. The van der Waals surface area contributed by atoms with E-state index in [0.29, 0.717) is 12.5 Å². The van der Waals surface area contributed by atoms with Crippen LogP contribution in [0.4, 0.5) is 5.82 Å². The quantitative estimate of drug-likeness (QED) is 0.880. The minimum Gasteiger partial charge on any atom is -0.355 e. The van der Waals surface area contributed by atoms with Crippen molar-refractivity contribution in [3.05, 3.63) is 37.1 Å². The maximum Gasteiger partial charge on any atom is 0.241 e. The number of amides is 1. The average Bonchev–Trinajstić information content (AvgIpc) is 3.07. The van der Waals surface area contributed by atoms with Crippen LogP contribution in [0.25, 0.3) is 0 Å². The summed E-state index contributed by atoms with van der Waals surface area (Å²) in [5.74, 6) is 1.35. The molecule has 0 saturated carbocycles. The smallest absolute Gasteiger partial charge is 0.241 e. The molecule has 22 heavy (non-hydrogen) atoms. The molecule has 116 valence electrons. The van der Waals surface area contributed by atoms with Crippen LogP contribution in [0.2, 0.25) is 0 Å². The van der Waals surface area contributed by atoms with Gasteiger partial charge in [-0.25, -0.2) is 4.98 Å². The molecule has 0 aliphatic carbocycles. The lowest BCUT2D eigenvalue weighted by molar-refractivity contribution is -0.122. The normalized spacial score (nSPS) is 18.2. The van der Waals surface area contributed by atoms with Gasteiger partial charge in [0.1, 0.15) is 12.4 Å². The monoisotopic (exact) mass is 300 g/mol. The van der Waals surface area contributed by atoms with Gasteiger partial charge in [-0.15, -0.1) is 0 Å². The van der Waals surface area contributed by atoms with E-state index in [2.05, 4.69) is 25.3 Å². The second-order valence-corrected chi connectivity index (χ2v) is 5.53. The third-order valence-corrected chi connectivity index (χ3v) is 3.85. The zero-order valence-corrected chi connectivity index (χ0v) is 12.4. The van der Waals surface area contributed by atoms with Gasteiger partial charge in [-0.2, -0.15) is 5.10 Å². The van der Waals surface area contributed by atoms with Crippen molar-refractivity contribution >= 4 is 11.7 Å². The van der Waals surface area contributed by atoms with Crippen LogP contribution >= 0.6 is 0 Å². The molecule has 1 fully saturated rings. The molecule has 3 rings (SSSR count). The summed E-state index contributed by atoms with van der Waals surface area (Å²) in [6.45, 7) is 2.86. The second kappa shape index (κ2) is 7.02. The molecule has 7 heteroatoms. The number of carbonyl (C=O) groups excluding carboxylic acids is 1. The van der Waals surface area contributed by atoms with E-state index in [-0.39, 0.29) is 12.5 Å². The summed E-state index contributed by atoms with van der Waals surface area (Å²) in [5, 5.41) is 7.04. The number of nitrogens with zero attached hydrogens (tertiary/aromatic N) is 5. The lowest BCUT2D eigenvalue weighted by atomic mass is 9.98. The molecule has 7 nitrogen and oxygen atoms in total. The zero-order chi connectivity index (χ0) is 15.2. The highest BCUT2D eigenvalue weighted by Crippen LogP contribution is 2.20. The van der Waals surface area contributed by atoms with Crippen molar-refractivity contribution in [2.45, 2.75) is 19.4 Å². The van der Waals surface area contributed by atoms with Crippen molar-refractivity contribution in [1.82, 2.24) is 25.1 Å². The van der Waals surface area contributed by atoms with Gasteiger partial charge in [0.05, 0.1) is 6.20 Å². The number of nitrogens with one attached hydrogen (secondary N) is 1. The highest BCUT2D eigenvalue weighted by Gasteiger charge is 2.21. The predicted octanol–water partition coefficient (Wildman–Crippen LogP) is 0.706. The van der Waals surface area contributed by atoms with Gasteiger partial charge in [0.2, 0.25) is 5.91 Å². The number of carbonyl (C=O) groups is 1. The molecule has 1 N–H and O–H groups in total. The minimum absolute atomic E-state index is 0.000302. The number of aromatic nitrogens is 4. The van der Waals surface area contributed by atoms with Crippen molar-refractivity contribution in [3.8, 4) is 0 Å². The minimum atomic E-state index is 0.000302. The lowest BCUT2D eigenvalue weighted by Crippen LogP contribution is -2.42. The Hall–Kier alpha value is -2.44. The molecule has 1 unspecified atom stereocenters. The van der Waals surface area contributed by atoms with Gasteiger partial charge < -0.3 is 10.2 Å². The lowest BCUT2D eigenvalue weighted by Gasteiger charge is -2.33. The highest BCUT2D eigenvalue weighted by atomic mass is 16.2. The van der Waals surface area contributed by atoms with Gasteiger partial charge in [-0.3, -0.25) is 14.5 Å². The highest BCUT2D eigenvalue weighted by molar-refractivity contribution is 5.75. The van der Waals surface area contributed by atoms with E-state index >= 15 is 0 Å². The fourth-order valence-corrected chi connectivity index (χ4v) is 2.75. The van der Waals surface area contributed by atoms with E-state index in [0.717, 1.165) is 31.7 Å². The first-order chi connectivity index (χ1) is 10.8. The summed E-state index contributed by atoms with van der Waals surface area (Å²) in [4.78, 5) is 22.6. The molecular weight excluding hydrogens is 280 g/mol. The summed E-state index contributed by atoms with van der Waals surface area (Å²) >= 11 is 0. The SMILES string of the molecule is O=C(Cn1cccn1)NCC1CCCN(c2cnccn2)C1. The maximum absolute atomic E-state index is 11.9. The molecule has 1 atom stereocenters. The Morgan fingerprint density at radius 3 is 3.09 bits per heavy atom. The van der Waals surface area contributed by atoms with Crippen LogP contribution in [0.15, 0.2) is 37.1 Å². The zero-order valence-electron chi connectivity index (χ0n) is 12.4. The Kier molecular flexibility index (Phi) is 4.62. The number of hydrogen-bond donors (Lipinski definition) is 1. The third-order valence-electron chi connectivity index (χ3n) is 3.85. The Bertz CT molecular complexity index is 585. The van der Waals surface area contributed by atoms with Gasteiger partial charge in [0.25, 0.3) is 0 Å². The van der Waals surface area contributed by atoms with E-state index in [4.69, 9.17) is 0 Å². The standard InChI is InChI=1S/C15H20N6O/c22-15(12-21-8-2-4-19-21)18-9-13-3-1-7-20(11-13)14-10-16-5-6-17-14/h2,4-6,8,10,13H,1,3,7,9,11-12H2,(H,18,22). The third kappa shape index (κ3) is 3.81. The molecule has 1 amide bonds. The van der Waals surface area contributed by atoms with E-state index in [9.17, 15) is 4.79 Å². The van der Waals surface area contributed by atoms with Gasteiger partial charge in [-0.1, -0.05) is 0 Å². The summed E-state index contributed by atoms with van der Waals surface area (Å²) in [5.41, 5.74) is 0. The first kappa shape index (κ1) is 14.5. The van der Waals surface area contributed by atoms with E-state index in [1.165, 1.54) is 0 Å². The van der Waals surface area contributed by atoms with Crippen LogP contribution < -0.4 is 10.2 Å². The van der Waals surface area contributed by atoms with E-state index in [1.807, 2.05) is 6.07 Å². The van der Waals surface area contributed by atoms with Gasteiger partial charge in [0.15, 0.2) is 0 Å². The average molecular weight is 300 g/mol. The van der Waals surface area contributed by atoms with Gasteiger partial charge in [0, 0.05) is 44.4 Å². The second-order valence-electron chi connectivity index (χ2n) is 5.53. The van der Waals surface area contributed by atoms with Gasteiger partial charge >= 0.3 is 0 Å². The topological polar surface area (TPSA) is 75.9 Å². The molecule has 2 aromatic heterocycles. The molecule has 3 heterocycles. The Morgan fingerprint density at radius 2 is 2.32 bits per heavy atom. The molecule has 0 radical (unpaired) electrons. The van der Waals surface area contributed by atoms with Crippen molar-refractivity contribution in [2.75, 3.05) is 24.5 Å². The number of rotatable bonds is 5. The number of piperidine rings is 1. The van der Waals surface area contributed by atoms with Crippen LogP contribution in [0.5, 0.6) is 0 Å². The molecule has 0 bridgehead atoms. The summed E-state index contributed by atoms with van der Waals surface area (Å²) in [6, 6.07) is 1.81. The Labute approximate surface area is 129 Å². The number of anilines is 1. The van der Waals surface area contributed by atoms with Crippen LogP contribution in [0.3, 0.4) is 0 Å². The molecule has 1 aliphatic rings. The fraction of sp³-hybridized carbons (Fsp3) is 0.467. The summed E-state index contributed by atoms with van der Waals surface area (Å²) in [6.07, 6.45) is 10.9. The molecule has 2 aromatic rings. The van der Waals surface area contributed by atoms with Crippen LogP contribution in [0.1, 0.15) is 12.8 Å². The van der Waals surface area contributed by atoms with Crippen LogP contribution in [-0.4, -0.2) is 45.3 Å². The van der Waals surface area contributed by atoms with E-state index < -0.39 is 0 Å². The molecule has 0 aromatic carbocycles. The first-order valence-corrected chi connectivity index (χ1v) is 7.56. The van der Waals surface area contributed by atoms with Crippen LogP contribution in [-0.2, 0) is 11.3 Å². The summed E-state index contributed by atoms with van der Waals surface area (Å²) in [7, 11) is 0.